The van der Waals surface area contributed by atoms with Gasteiger partial charge in [0.05, 0.1) is 18.4 Å². The Bertz CT molecular complexity index is 578. The van der Waals surface area contributed by atoms with Gasteiger partial charge in [0.1, 0.15) is 17.7 Å². The maximum atomic E-state index is 10.0. The van der Waals surface area contributed by atoms with Crippen molar-refractivity contribution < 1.29 is 9.84 Å². The molecule has 0 amide bonds. The highest BCUT2D eigenvalue weighted by Gasteiger charge is 2.21. The first-order valence-corrected chi connectivity index (χ1v) is 6.72. The average molecular weight is 271 g/mol. The predicted octanol–water partition coefficient (Wildman–Crippen LogP) is 2.89. The molecule has 104 valence electrons. The van der Waals surface area contributed by atoms with Crippen LogP contribution in [-0.2, 0) is 0 Å². The second-order valence-corrected chi connectivity index (χ2v) is 4.93. The van der Waals surface area contributed by atoms with Gasteiger partial charge in [-0.2, -0.15) is 10.5 Å². The summed E-state index contributed by atoms with van der Waals surface area (Å²) in [5, 5.41) is 31.8. The van der Waals surface area contributed by atoms with E-state index in [9.17, 15) is 15.6 Å². The molecule has 0 spiro atoms. The van der Waals surface area contributed by atoms with Crippen molar-refractivity contribution in [2.24, 2.45) is 0 Å². The van der Waals surface area contributed by atoms with E-state index in [1.54, 1.807) is 0 Å². The molecule has 2 N–H and O–H groups in total. The normalized spacial score (nSPS) is 15.2. The number of hydrogen-bond donors (Lipinski definition) is 2. The van der Waals surface area contributed by atoms with E-state index in [4.69, 9.17) is 4.74 Å². The number of phenols is 1. The average Bonchev–Trinajstić information content (AvgIpc) is 2.49. The Labute approximate surface area is 118 Å². The van der Waals surface area contributed by atoms with Gasteiger partial charge in [0, 0.05) is 12.1 Å². The highest BCUT2D eigenvalue weighted by Crippen LogP contribution is 2.38. The lowest BCUT2D eigenvalue weighted by Crippen LogP contribution is -2.23. The van der Waals surface area contributed by atoms with Gasteiger partial charge in [-0.1, -0.05) is 19.3 Å². The molecule has 0 unspecified atom stereocenters. The van der Waals surface area contributed by atoms with Gasteiger partial charge < -0.3 is 15.2 Å². The summed E-state index contributed by atoms with van der Waals surface area (Å²) in [6.07, 6.45) is 5.54. The molecular weight excluding hydrogens is 254 g/mol. The third-order valence-electron chi connectivity index (χ3n) is 3.67. The summed E-state index contributed by atoms with van der Waals surface area (Å²) in [5.41, 5.74) is 0.813. The first-order valence-electron chi connectivity index (χ1n) is 6.72. The molecule has 1 aromatic rings. The summed E-state index contributed by atoms with van der Waals surface area (Å²) < 4.78 is 4.99. The molecular formula is C15H17N3O2. The Balaban J connectivity index is 2.42. The third kappa shape index (κ3) is 2.62. The first-order chi connectivity index (χ1) is 9.71. The molecule has 5 nitrogen and oxygen atoms in total. The summed E-state index contributed by atoms with van der Waals surface area (Å²) in [7, 11) is 1.39. The van der Waals surface area contributed by atoms with Gasteiger partial charge in [-0.3, -0.25) is 0 Å². The molecule has 1 aliphatic carbocycles. The number of hydrogen-bond acceptors (Lipinski definition) is 5. The molecule has 0 aromatic heterocycles. The van der Waals surface area contributed by atoms with Gasteiger partial charge in [-0.05, 0) is 12.8 Å². The second kappa shape index (κ2) is 6.16. The zero-order valence-electron chi connectivity index (χ0n) is 11.4. The summed E-state index contributed by atoms with van der Waals surface area (Å²) in [6, 6.07) is 5.72. The van der Waals surface area contributed by atoms with Crippen LogP contribution in [0, 0.1) is 22.7 Å². The van der Waals surface area contributed by atoms with Crippen molar-refractivity contribution in [3.63, 3.8) is 0 Å². The molecule has 0 atom stereocenters. The number of nitrogens with zero attached hydrogens (tertiary/aromatic N) is 2. The predicted molar refractivity (Wildman–Crippen MR) is 74.6 cm³/mol. The van der Waals surface area contributed by atoms with Crippen molar-refractivity contribution in [1.82, 2.24) is 0 Å². The second-order valence-electron chi connectivity index (χ2n) is 4.93. The van der Waals surface area contributed by atoms with Gasteiger partial charge in [0.15, 0.2) is 11.5 Å². The molecule has 1 saturated carbocycles. The van der Waals surface area contributed by atoms with Crippen LogP contribution in [0.25, 0.3) is 0 Å². The summed E-state index contributed by atoms with van der Waals surface area (Å²) in [5.74, 6) is -0.0698. The fourth-order valence-corrected chi connectivity index (χ4v) is 2.60. The van der Waals surface area contributed by atoms with Crippen molar-refractivity contribution in [2.45, 2.75) is 38.1 Å². The van der Waals surface area contributed by atoms with Crippen LogP contribution in [0.3, 0.4) is 0 Å². The maximum absolute atomic E-state index is 10.0. The van der Waals surface area contributed by atoms with Crippen LogP contribution >= 0.6 is 0 Å². The van der Waals surface area contributed by atoms with Gasteiger partial charge in [0.2, 0.25) is 0 Å². The van der Waals surface area contributed by atoms with Crippen molar-refractivity contribution in [2.75, 3.05) is 12.4 Å². The highest BCUT2D eigenvalue weighted by atomic mass is 16.5. The molecule has 0 saturated heterocycles. The monoisotopic (exact) mass is 271 g/mol. The SMILES string of the molecule is COc1cc(C#N)c(NC2CCCCC2)c(C#N)c1O. The van der Waals surface area contributed by atoms with E-state index in [1.807, 2.05) is 6.07 Å². The molecule has 0 aliphatic heterocycles. The number of nitriles is 2. The molecule has 2 rings (SSSR count). The number of nitrogens with one attached hydrogen (secondary N) is 1. The molecule has 1 fully saturated rings. The van der Waals surface area contributed by atoms with E-state index >= 15 is 0 Å². The lowest BCUT2D eigenvalue weighted by molar-refractivity contribution is 0.372. The van der Waals surface area contributed by atoms with Crippen LogP contribution in [0.2, 0.25) is 0 Å². The Morgan fingerprint density at radius 1 is 1.25 bits per heavy atom. The van der Waals surface area contributed by atoms with Crippen LogP contribution in [0.15, 0.2) is 6.07 Å². The highest BCUT2D eigenvalue weighted by molar-refractivity contribution is 5.74. The molecule has 1 aliphatic rings. The number of benzene rings is 1. The number of ether oxygens (including phenoxy) is 1. The first kappa shape index (κ1) is 14.0. The summed E-state index contributed by atoms with van der Waals surface area (Å²) >= 11 is 0. The van der Waals surface area contributed by atoms with Gasteiger partial charge in [-0.25, -0.2) is 0 Å². The summed E-state index contributed by atoms with van der Waals surface area (Å²) in [4.78, 5) is 0. The molecule has 0 heterocycles. The number of phenolic OH excluding ortho intramolecular Hbond substituents is 1. The van der Waals surface area contributed by atoms with Gasteiger partial charge >= 0.3 is 0 Å². The Kier molecular flexibility index (Phi) is 4.32. The Morgan fingerprint density at radius 2 is 1.95 bits per heavy atom. The van der Waals surface area contributed by atoms with E-state index in [0.29, 0.717) is 11.3 Å². The standard InChI is InChI=1S/C15H17N3O2/c1-20-13-7-10(8-16)14(12(9-17)15(13)19)18-11-5-3-2-4-6-11/h7,11,18-19H,2-6H2,1H3. The topological polar surface area (TPSA) is 89.1 Å². The fourth-order valence-electron chi connectivity index (χ4n) is 2.60. The minimum Gasteiger partial charge on any atom is -0.503 e. The van der Waals surface area contributed by atoms with Crippen molar-refractivity contribution in [3.8, 4) is 23.6 Å². The van der Waals surface area contributed by atoms with Crippen molar-refractivity contribution in [1.29, 1.82) is 10.5 Å². The zero-order valence-corrected chi connectivity index (χ0v) is 11.4. The van der Waals surface area contributed by atoms with Crippen LogP contribution < -0.4 is 10.1 Å². The third-order valence-corrected chi connectivity index (χ3v) is 3.67. The minimum absolute atomic E-state index is 0.0754. The zero-order chi connectivity index (χ0) is 14.5. The number of methoxy groups -OCH3 is 1. The lowest BCUT2D eigenvalue weighted by Gasteiger charge is -2.25. The molecule has 1 aromatic carbocycles. The fraction of sp³-hybridized carbons (Fsp3) is 0.467. The smallest absolute Gasteiger partial charge is 0.178 e. The molecule has 0 radical (unpaired) electrons. The van der Waals surface area contributed by atoms with E-state index in [-0.39, 0.29) is 23.1 Å². The molecule has 5 heteroatoms. The Hall–Kier alpha value is -2.40. The quantitative estimate of drug-likeness (QED) is 0.882. The van der Waals surface area contributed by atoms with Crippen molar-refractivity contribution in [3.05, 3.63) is 17.2 Å². The Morgan fingerprint density at radius 3 is 2.50 bits per heavy atom. The number of aromatic hydroxyl groups is 1. The van der Waals surface area contributed by atoms with E-state index in [1.165, 1.54) is 19.6 Å². The van der Waals surface area contributed by atoms with Gasteiger partial charge in [0.25, 0.3) is 0 Å². The van der Waals surface area contributed by atoms with E-state index in [2.05, 4.69) is 11.4 Å². The van der Waals surface area contributed by atoms with Crippen LogP contribution in [0.5, 0.6) is 11.5 Å². The van der Waals surface area contributed by atoms with Gasteiger partial charge in [-0.15, -0.1) is 0 Å². The van der Waals surface area contributed by atoms with E-state index < -0.39 is 0 Å². The maximum Gasteiger partial charge on any atom is 0.178 e. The number of rotatable bonds is 3. The number of anilines is 1. The van der Waals surface area contributed by atoms with Crippen LogP contribution in [-0.4, -0.2) is 18.3 Å². The molecule has 20 heavy (non-hydrogen) atoms. The van der Waals surface area contributed by atoms with Crippen LogP contribution in [0.4, 0.5) is 5.69 Å². The lowest BCUT2D eigenvalue weighted by atomic mass is 9.94. The van der Waals surface area contributed by atoms with Crippen molar-refractivity contribution >= 4 is 5.69 Å². The summed E-state index contributed by atoms with van der Waals surface area (Å²) in [6.45, 7) is 0. The largest absolute Gasteiger partial charge is 0.503 e. The van der Waals surface area contributed by atoms with Crippen LogP contribution in [0.1, 0.15) is 43.2 Å². The van der Waals surface area contributed by atoms with E-state index in [0.717, 1.165) is 25.7 Å². The molecule has 0 bridgehead atoms. The minimum atomic E-state index is -0.215.